The Bertz CT molecular complexity index is 199. The van der Waals surface area contributed by atoms with Gasteiger partial charge in [-0.1, -0.05) is 6.92 Å². The molecule has 0 saturated carbocycles. The van der Waals surface area contributed by atoms with Crippen molar-refractivity contribution >= 4 is 11.8 Å². The molecule has 0 unspecified atom stereocenters. The van der Waals surface area contributed by atoms with Crippen molar-refractivity contribution in [1.82, 2.24) is 0 Å². The van der Waals surface area contributed by atoms with Crippen molar-refractivity contribution in [3.63, 3.8) is 0 Å². The zero-order valence-corrected chi connectivity index (χ0v) is 8.54. The van der Waals surface area contributed by atoms with Crippen molar-refractivity contribution in [2.24, 2.45) is 0 Å². The van der Waals surface area contributed by atoms with E-state index in [0.717, 1.165) is 0 Å². The molecule has 0 spiro atoms. The van der Waals surface area contributed by atoms with E-state index in [-0.39, 0.29) is 12.3 Å². The minimum absolute atomic E-state index is 0.0665. The quantitative estimate of drug-likeness (QED) is 0.618. The van der Waals surface area contributed by atoms with Crippen LogP contribution in [0.15, 0.2) is 0 Å². The van der Waals surface area contributed by atoms with E-state index in [0.29, 0.717) is 23.9 Å². The van der Waals surface area contributed by atoms with Crippen LogP contribution in [0.1, 0.15) is 19.8 Å². The number of quaternary nitrogens is 1. The fourth-order valence-electron chi connectivity index (χ4n) is 1.05. The average Bonchev–Trinajstić information content (AvgIpc) is 1.98. The molecule has 0 aromatic rings. The first-order valence-corrected chi connectivity index (χ1v) is 4.43. The molecule has 4 nitrogen and oxygen atoms in total. The van der Waals surface area contributed by atoms with Gasteiger partial charge in [0.1, 0.15) is 5.78 Å². The number of hydrogen-bond acceptors (Lipinski definition) is 2. The second kappa shape index (κ2) is 4.97. The third-order valence-corrected chi connectivity index (χ3v) is 1.95. The van der Waals surface area contributed by atoms with Crippen molar-refractivity contribution in [2.75, 3.05) is 27.2 Å². The SMILES string of the molecule is CCC(=O)CC[N+](C)(C)CC(=O)O. The van der Waals surface area contributed by atoms with Crippen molar-refractivity contribution in [3.05, 3.63) is 0 Å². The lowest BCUT2D eigenvalue weighted by molar-refractivity contribution is -0.882. The second-order valence-corrected chi connectivity index (χ2v) is 3.85. The van der Waals surface area contributed by atoms with E-state index in [2.05, 4.69) is 0 Å². The molecule has 1 N–H and O–H groups in total. The summed E-state index contributed by atoms with van der Waals surface area (Å²) < 4.78 is 0.362. The lowest BCUT2D eigenvalue weighted by Gasteiger charge is -2.27. The predicted octanol–water partition coefficient (Wildman–Crippen LogP) is 0.517. The van der Waals surface area contributed by atoms with Crippen LogP contribution in [-0.2, 0) is 9.59 Å². The third kappa shape index (κ3) is 6.28. The summed E-state index contributed by atoms with van der Waals surface area (Å²) in [5.41, 5.74) is 0. The van der Waals surface area contributed by atoms with Crippen molar-refractivity contribution in [3.8, 4) is 0 Å². The molecule has 0 saturated heterocycles. The molecule has 0 aliphatic carbocycles. The summed E-state index contributed by atoms with van der Waals surface area (Å²) in [5.74, 6) is -0.634. The topological polar surface area (TPSA) is 54.4 Å². The molecule has 0 radical (unpaired) electrons. The number of Topliss-reactive ketones (excluding diaryl/α,β-unsaturated/α-hetero) is 1. The highest BCUT2D eigenvalue weighted by Crippen LogP contribution is 2.00. The second-order valence-electron chi connectivity index (χ2n) is 3.85. The molecule has 4 heteroatoms. The van der Waals surface area contributed by atoms with Crippen LogP contribution in [0.3, 0.4) is 0 Å². The molecule has 13 heavy (non-hydrogen) atoms. The Morgan fingerprint density at radius 1 is 1.31 bits per heavy atom. The van der Waals surface area contributed by atoms with Crippen LogP contribution >= 0.6 is 0 Å². The number of carboxylic acid groups (broad SMARTS) is 1. The Kier molecular flexibility index (Phi) is 4.62. The van der Waals surface area contributed by atoms with Crippen molar-refractivity contribution in [1.29, 1.82) is 0 Å². The standard InChI is InChI=1S/C9H17NO3/c1-4-8(11)5-6-10(2,3)7-9(12)13/h4-7H2,1-3H3/p+1. The zero-order valence-electron chi connectivity index (χ0n) is 8.54. The van der Waals surface area contributed by atoms with Crippen LogP contribution in [0.2, 0.25) is 0 Å². The molecular formula is C9H18NO3+. The number of likely N-dealkylation sites (N-methyl/N-ethyl adjacent to an activating group) is 1. The maximum Gasteiger partial charge on any atom is 0.359 e. The van der Waals surface area contributed by atoms with Crippen LogP contribution in [0.5, 0.6) is 0 Å². The van der Waals surface area contributed by atoms with Crippen LogP contribution in [0.25, 0.3) is 0 Å². The zero-order chi connectivity index (χ0) is 10.5. The van der Waals surface area contributed by atoms with Crippen LogP contribution in [0, 0.1) is 0 Å². The van der Waals surface area contributed by atoms with Crippen LogP contribution in [0.4, 0.5) is 0 Å². The molecule has 0 atom stereocenters. The molecule has 0 aromatic carbocycles. The summed E-state index contributed by atoms with van der Waals surface area (Å²) in [6, 6.07) is 0. The summed E-state index contributed by atoms with van der Waals surface area (Å²) in [5, 5.41) is 8.57. The first kappa shape index (κ1) is 12.1. The molecular weight excluding hydrogens is 170 g/mol. The van der Waals surface area contributed by atoms with Gasteiger partial charge in [-0.25, -0.2) is 4.79 Å². The largest absolute Gasteiger partial charge is 0.477 e. The van der Waals surface area contributed by atoms with Crippen LogP contribution < -0.4 is 0 Å². The fourth-order valence-corrected chi connectivity index (χ4v) is 1.05. The molecule has 0 rings (SSSR count). The maximum absolute atomic E-state index is 11.0. The molecule has 76 valence electrons. The summed E-state index contributed by atoms with van der Waals surface area (Å²) in [4.78, 5) is 21.4. The maximum atomic E-state index is 11.0. The number of ketones is 1. The Balaban J connectivity index is 3.88. The van der Waals surface area contributed by atoms with Gasteiger partial charge in [0.15, 0.2) is 6.54 Å². The molecule has 0 amide bonds. The van der Waals surface area contributed by atoms with Gasteiger partial charge in [0.2, 0.25) is 0 Å². The van der Waals surface area contributed by atoms with E-state index in [4.69, 9.17) is 5.11 Å². The number of hydrogen-bond donors (Lipinski definition) is 1. The van der Waals surface area contributed by atoms with Gasteiger partial charge in [-0.05, 0) is 0 Å². The molecule has 0 aliphatic heterocycles. The first-order chi connectivity index (χ1) is 5.87. The number of nitrogens with zero attached hydrogens (tertiary/aromatic N) is 1. The van der Waals surface area contributed by atoms with E-state index in [1.165, 1.54) is 0 Å². The smallest absolute Gasteiger partial charge is 0.359 e. The van der Waals surface area contributed by atoms with Gasteiger partial charge in [0, 0.05) is 6.42 Å². The number of aliphatic carboxylic acids is 1. The Hall–Kier alpha value is -0.900. The van der Waals surface area contributed by atoms with Gasteiger partial charge in [0.05, 0.1) is 27.1 Å². The lowest BCUT2D eigenvalue weighted by atomic mass is 10.2. The predicted molar refractivity (Wildman–Crippen MR) is 49.4 cm³/mol. The number of carbonyl (C=O) groups excluding carboxylic acids is 1. The van der Waals surface area contributed by atoms with E-state index in [9.17, 15) is 9.59 Å². The highest BCUT2D eigenvalue weighted by Gasteiger charge is 2.19. The van der Waals surface area contributed by atoms with Gasteiger partial charge < -0.3 is 9.59 Å². The average molecular weight is 188 g/mol. The minimum Gasteiger partial charge on any atom is -0.477 e. The molecule has 0 aliphatic rings. The van der Waals surface area contributed by atoms with Gasteiger partial charge in [0.25, 0.3) is 0 Å². The summed E-state index contributed by atoms with van der Waals surface area (Å²) in [6.45, 7) is 2.48. The summed E-state index contributed by atoms with van der Waals surface area (Å²) in [7, 11) is 3.63. The summed E-state index contributed by atoms with van der Waals surface area (Å²) in [6.07, 6.45) is 1.00. The number of carbonyl (C=O) groups is 2. The van der Waals surface area contributed by atoms with Gasteiger partial charge in [-0.3, -0.25) is 4.79 Å². The Morgan fingerprint density at radius 3 is 2.23 bits per heavy atom. The molecule has 0 heterocycles. The fraction of sp³-hybridized carbons (Fsp3) is 0.778. The van der Waals surface area contributed by atoms with E-state index < -0.39 is 5.97 Å². The molecule has 0 aromatic heterocycles. The number of rotatable bonds is 6. The van der Waals surface area contributed by atoms with Gasteiger partial charge in [-0.15, -0.1) is 0 Å². The van der Waals surface area contributed by atoms with Gasteiger partial charge >= 0.3 is 5.97 Å². The highest BCUT2D eigenvalue weighted by atomic mass is 16.4. The first-order valence-electron chi connectivity index (χ1n) is 4.43. The molecule has 0 bridgehead atoms. The van der Waals surface area contributed by atoms with Crippen LogP contribution in [-0.4, -0.2) is 48.5 Å². The Morgan fingerprint density at radius 2 is 1.85 bits per heavy atom. The normalized spacial score (nSPS) is 11.3. The van der Waals surface area contributed by atoms with E-state index in [1.807, 2.05) is 21.0 Å². The third-order valence-electron chi connectivity index (χ3n) is 1.95. The minimum atomic E-state index is -0.825. The molecule has 0 fully saturated rings. The van der Waals surface area contributed by atoms with Gasteiger partial charge in [-0.2, -0.15) is 0 Å². The van der Waals surface area contributed by atoms with E-state index >= 15 is 0 Å². The lowest BCUT2D eigenvalue weighted by Crippen LogP contribution is -2.45. The van der Waals surface area contributed by atoms with Crippen molar-refractivity contribution in [2.45, 2.75) is 19.8 Å². The Labute approximate surface area is 78.7 Å². The van der Waals surface area contributed by atoms with Crippen molar-refractivity contribution < 1.29 is 19.2 Å². The highest BCUT2D eigenvalue weighted by molar-refractivity contribution is 5.78. The summed E-state index contributed by atoms with van der Waals surface area (Å²) >= 11 is 0. The van der Waals surface area contributed by atoms with E-state index in [1.54, 1.807) is 0 Å². The number of carboxylic acids is 1. The monoisotopic (exact) mass is 188 g/mol.